The summed E-state index contributed by atoms with van der Waals surface area (Å²) in [4.78, 5) is 21.7. The number of aromatic nitrogens is 3. The van der Waals surface area contributed by atoms with E-state index in [1.54, 1.807) is 0 Å². The molecule has 4 rings (SSSR count). The number of aryl methyl sites for hydroxylation is 1. The number of para-hydroxylation sites is 1. The second-order valence-electron chi connectivity index (χ2n) is 7.14. The van der Waals surface area contributed by atoms with Crippen molar-refractivity contribution in [3.63, 3.8) is 0 Å². The molecular weight excluding hydrogens is 326 g/mol. The van der Waals surface area contributed by atoms with Gasteiger partial charge in [-0.05, 0) is 31.5 Å². The summed E-state index contributed by atoms with van der Waals surface area (Å²) >= 11 is 0. The Morgan fingerprint density at radius 3 is 2.88 bits per heavy atom. The molecule has 1 atom stereocenters. The van der Waals surface area contributed by atoms with Gasteiger partial charge < -0.3 is 9.80 Å². The molecule has 1 aliphatic heterocycles. The molecule has 3 heterocycles. The van der Waals surface area contributed by atoms with Crippen molar-refractivity contribution in [2.75, 3.05) is 32.1 Å². The summed E-state index contributed by atoms with van der Waals surface area (Å²) in [5.41, 5.74) is 4.62. The molecular formula is C20H23N5O. The van der Waals surface area contributed by atoms with E-state index in [4.69, 9.17) is 4.98 Å². The number of pyridine rings is 1. The van der Waals surface area contributed by atoms with Crippen LogP contribution in [0.2, 0.25) is 0 Å². The van der Waals surface area contributed by atoms with E-state index >= 15 is 0 Å². The van der Waals surface area contributed by atoms with Crippen molar-refractivity contribution in [2.45, 2.75) is 19.3 Å². The number of anilines is 1. The number of amides is 1. The fourth-order valence-corrected chi connectivity index (χ4v) is 3.61. The van der Waals surface area contributed by atoms with Gasteiger partial charge in [-0.1, -0.05) is 18.2 Å². The van der Waals surface area contributed by atoms with Crippen LogP contribution in [0.4, 0.5) is 5.69 Å². The van der Waals surface area contributed by atoms with E-state index in [2.05, 4.69) is 27.2 Å². The molecule has 1 aromatic carbocycles. The van der Waals surface area contributed by atoms with Crippen LogP contribution < -0.4 is 4.90 Å². The average Bonchev–Trinajstić information content (AvgIpc) is 3.28. The number of likely N-dealkylation sites (tertiary alicyclic amines) is 1. The summed E-state index contributed by atoms with van der Waals surface area (Å²) in [6, 6.07) is 12.0. The molecule has 1 N–H and O–H groups in total. The number of carbonyl (C=O) groups is 1. The van der Waals surface area contributed by atoms with Gasteiger partial charge in [-0.2, -0.15) is 5.10 Å². The molecule has 1 fully saturated rings. The molecule has 3 aromatic rings. The fourth-order valence-electron chi connectivity index (χ4n) is 3.61. The van der Waals surface area contributed by atoms with Crippen LogP contribution in [0.25, 0.3) is 10.9 Å². The number of nitrogens with one attached hydrogen (secondary N) is 1. The first-order valence-corrected chi connectivity index (χ1v) is 8.91. The molecule has 0 bridgehead atoms. The summed E-state index contributed by atoms with van der Waals surface area (Å²) in [5.74, 6) is 0.258. The number of rotatable bonds is 3. The normalized spacial score (nSPS) is 17.0. The van der Waals surface area contributed by atoms with Crippen molar-refractivity contribution in [1.29, 1.82) is 0 Å². The summed E-state index contributed by atoms with van der Waals surface area (Å²) in [5, 5.41) is 8.08. The fraction of sp³-hybridized carbons (Fsp3) is 0.350. The van der Waals surface area contributed by atoms with E-state index in [0.29, 0.717) is 12.2 Å². The van der Waals surface area contributed by atoms with Gasteiger partial charge in [-0.3, -0.25) is 14.9 Å². The first-order chi connectivity index (χ1) is 12.5. The minimum atomic E-state index is -0.00886. The van der Waals surface area contributed by atoms with Gasteiger partial charge in [0, 0.05) is 55.6 Å². The minimum absolute atomic E-state index is 0.00886. The lowest BCUT2D eigenvalue weighted by Crippen LogP contribution is -2.29. The summed E-state index contributed by atoms with van der Waals surface area (Å²) < 4.78 is 0. The molecule has 0 aliphatic carbocycles. The maximum absolute atomic E-state index is 13.0. The van der Waals surface area contributed by atoms with Crippen molar-refractivity contribution in [1.82, 2.24) is 20.1 Å². The van der Waals surface area contributed by atoms with Crippen molar-refractivity contribution in [2.24, 2.45) is 0 Å². The van der Waals surface area contributed by atoms with Crippen LogP contribution >= 0.6 is 0 Å². The van der Waals surface area contributed by atoms with E-state index in [-0.39, 0.29) is 11.8 Å². The highest BCUT2D eigenvalue weighted by molar-refractivity contribution is 6.04. The van der Waals surface area contributed by atoms with Crippen LogP contribution in [-0.2, 0) is 0 Å². The molecule has 2 aromatic heterocycles. The van der Waals surface area contributed by atoms with Gasteiger partial charge >= 0.3 is 0 Å². The predicted octanol–water partition coefficient (Wildman–Crippen LogP) is 2.96. The van der Waals surface area contributed by atoms with Gasteiger partial charge in [0.05, 0.1) is 5.52 Å². The number of aromatic amines is 1. The second kappa shape index (κ2) is 6.44. The van der Waals surface area contributed by atoms with Crippen LogP contribution in [-0.4, -0.2) is 53.2 Å². The van der Waals surface area contributed by atoms with Gasteiger partial charge in [-0.25, -0.2) is 0 Å². The molecule has 0 radical (unpaired) electrons. The highest BCUT2D eigenvalue weighted by Crippen LogP contribution is 2.30. The lowest BCUT2D eigenvalue weighted by atomic mass is 10.0. The second-order valence-corrected chi connectivity index (χ2v) is 7.14. The van der Waals surface area contributed by atoms with Crippen molar-refractivity contribution in [3.05, 3.63) is 53.5 Å². The van der Waals surface area contributed by atoms with Crippen molar-refractivity contribution < 1.29 is 4.79 Å². The van der Waals surface area contributed by atoms with Crippen LogP contribution in [0, 0.1) is 6.92 Å². The van der Waals surface area contributed by atoms with Crippen LogP contribution in [0.1, 0.15) is 34.2 Å². The number of benzene rings is 1. The monoisotopic (exact) mass is 349 g/mol. The number of hydrogen-bond acceptors (Lipinski definition) is 4. The largest absolute Gasteiger partial charge is 0.378 e. The third-order valence-corrected chi connectivity index (χ3v) is 5.04. The molecule has 1 saturated heterocycles. The first-order valence-electron chi connectivity index (χ1n) is 8.91. The lowest BCUT2D eigenvalue weighted by molar-refractivity contribution is 0.0786. The zero-order valence-corrected chi connectivity index (χ0v) is 15.4. The van der Waals surface area contributed by atoms with Crippen molar-refractivity contribution >= 4 is 22.5 Å². The Morgan fingerprint density at radius 1 is 1.27 bits per heavy atom. The number of carbonyl (C=O) groups excluding carboxylic acids is 1. The number of hydrogen-bond donors (Lipinski definition) is 1. The summed E-state index contributed by atoms with van der Waals surface area (Å²) in [6.07, 6.45) is 0.928. The third-order valence-electron chi connectivity index (χ3n) is 5.04. The molecule has 0 spiro atoms. The smallest absolute Gasteiger partial charge is 0.275 e. The molecule has 1 aliphatic rings. The molecule has 1 amide bonds. The van der Waals surface area contributed by atoms with Crippen LogP contribution in [0.15, 0.2) is 36.4 Å². The maximum atomic E-state index is 13.0. The summed E-state index contributed by atoms with van der Waals surface area (Å²) in [7, 11) is 4.07. The van der Waals surface area contributed by atoms with Gasteiger partial charge in [0.15, 0.2) is 5.69 Å². The molecule has 6 heteroatoms. The molecule has 0 saturated carbocycles. The van der Waals surface area contributed by atoms with Crippen LogP contribution in [0.3, 0.4) is 0 Å². The van der Waals surface area contributed by atoms with E-state index < -0.39 is 0 Å². The Balaban J connectivity index is 1.56. The average molecular weight is 349 g/mol. The highest BCUT2D eigenvalue weighted by Gasteiger charge is 2.31. The van der Waals surface area contributed by atoms with Gasteiger partial charge in [0.1, 0.15) is 0 Å². The number of fused-ring (bicyclic) bond motifs is 1. The van der Waals surface area contributed by atoms with Crippen molar-refractivity contribution in [3.8, 4) is 0 Å². The Bertz CT molecular complexity index is 962. The Labute approximate surface area is 152 Å². The lowest BCUT2D eigenvalue weighted by Gasteiger charge is -2.18. The highest BCUT2D eigenvalue weighted by atomic mass is 16.2. The van der Waals surface area contributed by atoms with Gasteiger partial charge in [0.2, 0.25) is 0 Å². The SMILES string of the molecule is Cc1cc(N(C)C)cc(C2CCN(C(=O)c3n[nH]c4ccccc34)C2)n1. The first kappa shape index (κ1) is 16.6. The predicted molar refractivity (Wildman–Crippen MR) is 103 cm³/mol. The molecule has 6 nitrogen and oxygen atoms in total. The Hall–Kier alpha value is -2.89. The Kier molecular flexibility index (Phi) is 4.11. The van der Waals surface area contributed by atoms with Gasteiger partial charge in [-0.15, -0.1) is 0 Å². The van der Waals surface area contributed by atoms with Gasteiger partial charge in [0.25, 0.3) is 5.91 Å². The van der Waals surface area contributed by atoms with E-state index in [9.17, 15) is 4.79 Å². The number of nitrogens with zero attached hydrogens (tertiary/aromatic N) is 4. The zero-order chi connectivity index (χ0) is 18.3. The third kappa shape index (κ3) is 2.92. The quantitative estimate of drug-likeness (QED) is 0.789. The number of H-pyrrole nitrogens is 1. The zero-order valence-electron chi connectivity index (χ0n) is 15.4. The standard InChI is InChI=1S/C20H23N5O/c1-13-10-15(24(2)3)11-18(21-13)14-8-9-25(12-14)20(26)19-16-6-4-5-7-17(16)22-23-19/h4-7,10-11,14H,8-9,12H2,1-3H3,(H,22,23). The Morgan fingerprint density at radius 2 is 2.08 bits per heavy atom. The minimum Gasteiger partial charge on any atom is -0.378 e. The van der Waals surface area contributed by atoms with E-state index in [1.165, 1.54) is 0 Å². The topological polar surface area (TPSA) is 65.1 Å². The molecule has 1 unspecified atom stereocenters. The molecule has 26 heavy (non-hydrogen) atoms. The van der Waals surface area contributed by atoms with E-state index in [0.717, 1.165) is 40.9 Å². The molecule has 134 valence electrons. The maximum Gasteiger partial charge on any atom is 0.275 e. The summed E-state index contributed by atoms with van der Waals surface area (Å²) in [6.45, 7) is 3.44. The van der Waals surface area contributed by atoms with Crippen LogP contribution in [0.5, 0.6) is 0 Å². The van der Waals surface area contributed by atoms with E-state index in [1.807, 2.05) is 50.2 Å².